The molecule has 0 aliphatic carbocycles. The molecule has 1 radical (unpaired) electrons. The first-order valence-corrected chi connectivity index (χ1v) is 4.65. The van der Waals surface area contributed by atoms with Gasteiger partial charge in [0.25, 0.3) is 0 Å². The van der Waals surface area contributed by atoms with Crippen LogP contribution in [0.2, 0.25) is 0 Å². The van der Waals surface area contributed by atoms with Crippen molar-refractivity contribution in [3.05, 3.63) is 18.7 Å². The summed E-state index contributed by atoms with van der Waals surface area (Å²) in [6, 6.07) is 0. The molecule has 0 saturated carbocycles. The summed E-state index contributed by atoms with van der Waals surface area (Å²) in [6.07, 6.45) is 10.0. The summed E-state index contributed by atoms with van der Waals surface area (Å²) in [5.74, 6) is 0. The molecule has 0 aliphatic rings. The van der Waals surface area contributed by atoms with Crippen LogP contribution in [0.1, 0.15) is 0 Å². The predicted octanol–water partition coefficient (Wildman–Crippen LogP) is 0.904. The van der Waals surface area contributed by atoms with Gasteiger partial charge in [-0.25, -0.2) is 4.98 Å². The third-order valence-corrected chi connectivity index (χ3v) is 2.11. The number of hydrogen-bond donors (Lipinski definition) is 1. The van der Waals surface area contributed by atoms with Crippen molar-refractivity contribution in [2.75, 3.05) is 12.5 Å². The maximum atomic E-state index is 3.92. The Morgan fingerprint density at radius 3 is 2.33 bits per heavy atom. The third-order valence-electron chi connectivity index (χ3n) is 0.952. The van der Waals surface area contributed by atoms with Crippen LogP contribution in [0.5, 0.6) is 0 Å². The van der Waals surface area contributed by atoms with Crippen LogP contribution < -0.4 is 0 Å². The maximum Gasteiger partial charge on any atom is 0.103 e. The van der Waals surface area contributed by atoms with Crippen LogP contribution in [-0.4, -0.2) is 21.5 Å². The number of thiol groups is 1. The molecule has 0 N–H and O–H groups in total. The number of nitrogens with zero attached hydrogens (tertiary/aromatic N) is 2. The van der Waals surface area contributed by atoms with E-state index in [4.69, 9.17) is 0 Å². The third kappa shape index (κ3) is 2.42. The van der Waals surface area contributed by atoms with E-state index in [9.17, 15) is 0 Å². The Hall–Kier alpha value is 0.0665. The Morgan fingerprint density at radius 2 is 2.11 bits per heavy atom. The first-order chi connectivity index (χ1) is 3.80. The zero-order valence-corrected chi connectivity index (χ0v) is 7.34. The Balaban J connectivity index is 0.000000640. The zero-order chi connectivity index (χ0) is 5.98. The Bertz CT molecular complexity index is 150. The molecule has 0 atom stereocenters. The van der Waals surface area contributed by atoms with Gasteiger partial charge in [-0.3, -0.25) is 0 Å². The molecule has 1 rings (SSSR count). The van der Waals surface area contributed by atoms with E-state index in [1.807, 2.05) is 18.7 Å². The average Bonchev–Trinajstić information content (AvgIpc) is 2.12. The quantitative estimate of drug-likeness (QED) is 0.650. The molecule has 9 heavy (non-hydrogen) atoms. The molecular weight excluding hydrogens is 179 g/mol. The van der Waals surface area contributed by atoms with Crippen LogP contribution in [0.4, 0.5) is 0 Å². The van der Waals surface area contributed by atoms with E-state index in [2.05, 4.69) is 21.5 Å². The van der Waals surface area contributed by atoms with Crippen molar-refractivity contribution < 1.29 is 16.8 Å². The summed E-state index contributed by atoms with van der Waals surface area (Å²) < 4.78 is 2.12. The average molecular weight is 189 g/mol. The van der Waals surface area contributed by atoms with E-state index >= 15 is 0 Å². The minimum atomic E-state index is -0.00437. The number of hydrogen-bond acceptors (Lipinski definition) is 1. The fourth-order valence-electron chi connectivity index (χ4n) is 0.489. The molecule has 1 aromatic rings. The van der Waals surface area contributed by atoms with E-state index in [1.165, 1.54) is 0 Å². The molecule has 0 amide bonds. The summed E-state index contributed by atoms with van der Waals surface area (Å²) in [7, 11) is 0. The van der Waals surface area contributed by atoms with Crippen molar-refractivity contribution in [2.45, 2.75) is 0 Å². The topological polar surface area (TPSA) is 17.8 Å². The minimum absolute atomic E-state index is 0. The van der Waals surface area contributed by atoms with Crippen molar-refractivity contribution in [2.24, 2.45) is 0 Å². The van der Waals surface area contributed by atoms with E-state index in [1.54, 1.807) is 0 Å². The van der Waals surface area contributed by atoms with Gasteiger partial charge >= 0.3 is 0 Å². The van der Waals surface area contributed by atoms with Crippen LogP contribution in [0.15, 0.2) is 18.7 Å². The normalized spacial score (nSPS) is 10.2. The summed E-state index contributed by atoms with van der Waals surface area (Å²) in [4.78, 5) is 3.92. The van der Waals surface area contributed by atoms with Gasteiger partial charge in [-0.1, -0.05) is 0 Å². The monoisotopic (exact) mass is 189 g/mol. The smallest absolute Gasteiger partial charge is 0.103 e. The molecule has 0 spiro atoms. The fraction of sp³-hybridized carbons (Fsp3) is 0.400. The minimum Gasteiger partial charge on any atom is -0.302 e. The Morgan fingerprint density at radius 1 is 1.44 bits per heavy atom. The Labute approximate surface area is 68.3 Å². The molecule has 0 bridgehead atoms. The molecule has 4 heteroatoms. The van der Waals surface area contributed by atoms with Gasteiger partial charge in [0.05, 0.1) is 0 Å². The van der Waals surface area contributed by atoms with Crippen LogP contribution in [0.25, 0.3) is 0 Å². The maximum absolute atomic E-state index is 3.92. The second kappa shape index (κ2) is 3.97. The molecule has 0 aromatic carbocycles. The SMILES string of the molecule is C[SH](C)n1ccnc1.[Co]. The van der Waals surface area contributed by atoms with Crippen molar-refractivity contribution in [1.82, 2.24) is 8.96 Å². The van der Waals surface area contributed by atoms with Gasteiger partial charge in [-0.2, -0.15) is 11.1 Å². The summed E-state index contributed by atoms with van der Waals surface area (Å²) in [6.45, 7) is 0. The molecule has 2 nitrogen and oxygen atoms in total. The van der Waals surface area contributed by atoms with Crippen molar-refractivity contribution in [1.29, 1.82) is 0 Å². The van der Waals surface area contributed by atoms with Crippen LogP contribution in [-0.2, 0) is 16.8 Å². The van der Waals surface area contributed by atoms with E-state index in [0.29, 0.717) is 0 Å². The van der Waals surface area contributed by atoms with Gasteiger partial charge in [0, 0.05) is 29.2 Å². The fourth-order valence-corrected chi connectivity index (χ4v) is 1.08. The van der Waals surface area contributed by atoms with Crippen molar-refractivity contribution in [3.63, 3.8) is 0 Å². The molecule has 0 fully saturated rings. The molecule has 1 heterocycles. The van der Waals surface area contributed by atoms with Gasteiger partial charge in [0.1, 0.15) is 6.33 Å². The first-order valence-electron chi connectivity index (χ1n) is 2.46. The molecule has 0 aliphatic heterocycles. The number of imidazole rings is 1. The number of aromatic nitrogens is 2. The second-order valence-corrected chi connectivity index (χ2v) is 3.95. The van der Waals surface area contributed by atoms with Crippen LogP contribution in [0.3, 0.4) is 0 Å². The zero-order valence-electron chi connectivity index (χ0n) is 5.41. The summed E-state index contributed by atoms with van der Waals surface area (Å²) in [5, 5.41) is 0. The second-order valence-electron chi connectivity index (χ2n) is 1.79. The molecular formula is C5H10CoN2S. The van der Waals surface area contributed by atoms with Crippen molar-refractivity contribution in [3.8, 4) is 0 Å². The summed E-state index contributed by atoms with van der Waals surface area (Å²) >= 11 is -0.00437. The predicted molar refractivity (Wildman–Crippen MR) is 38.5 cm³/mol. The van der Waals surface area contributed by atoms with Gasteiger partial charge in [-0.05, 0) is 12.5 Å². The van der Waals surface area contributed by atoms with Crippen LogP contribution >= 0.6 is 11.1 Å². The standard InChI is InChI=1S/C5H10N2S.Co/c1-8(2)7-4-3-6-5-7;/h3-5,8H,1-2H3;. The van der Waals surface area contributed by atoms with Crippen molar-refractivity contribution >= 4 is 11.1 Å². The van der Waals surface area contributed by atoms with E-state index in [0.717, 1.165) is 0 Å². The number of rotatable bonds is 1. The summed E-state index contributed by atoms with van der Waals surface area (Å²) in [5.41, 5.74) is 0. The van der Waals surface area contributed by atoms with Gasteiger partial charge in [0.2, 0.25) is 0 Å². The van der Waals surface area contributed by atoms with Gasteiger partial charge in [-0.15, -0.1) is 0 Å². The molecule has 1 aromatic heterocycles. The van der Waals surface area contributed by atoms with E-state index in [-0.39, 0.29) is 27.9 Å². The molecule has 0 unspecified atom stereocenters. The largest absolute Gasteiger partial charge is 0.302 e. The first kappa shape index (κ1) is 9.07. The van der Waals surface area contributed by atoms with Gasteiger partial charge in [0.15, 0.2) is 0 Å². The Kier molecular flexibility index (Phi) is 4.00. The van der Waals surface area contributed by atoms with Crippen LogP contribution in [0, 0.1) is 0 Å². The molecule has 0 saturated heterocycles. The van der Waals surface area contributed by atoms with E-state index < -0.39 is 0 Å². The molecule has 55 valence electrons. The van der Waals surface area contributed by atoms with Gasteiger partial charge < -0.3 is 3.97 Å².